The summed E-state index contributed by atoms with van der Waals surface area (Å²) in [5.74, 6) is 1.64. The third-order valence-corrected chi connectivity index (χ3v) is 2.81. The lowest BCUT2D eigenvalue weighted by Gasteiger charge is -2.20. The Morgan fingerprint density at radius 2 is 1.75 bits per heavy atom. The zero-order valence-corrected chi connectivity index (χ0v) is 11.1. The molecule has 1 aromatic rings. The smallest absolute Gasteiger partial charge is 0.251 e. The van der Waals surface area contributed by atoms with Gasteiger partial charge in [-0.25, -0.2) is 8.78 Å². The summed E-state index contributed by atoms with van der Waals surface area (Å²) in [5, 5.41) is 2.39. The van der Waals surface area contributed by atoms with Gasteiger partial charge in [-0.15, -0.1) is 0 Å². The second kappa shape index (κ2) is 5.83. The summed E-state index contributed by atoms with van der Waals surface area (Å²) >= 11 is 0. The van der Waals surface area contributed by atoms with Crippen LogP contribution in [0.15, 0.2) is 12.1 Å². The Morgan fingerprint density at radius 1 is 1.25 bits per heavy atom. The van der Waals surface area contributed by atoms with Gasteiger partial charge in [-0.2, -0.15) is 0 Å². The van der Waals surface area contributed by atoms with E-state index in [1.165, 1.54) is 13.8 Å². The molecule has 110 valence electrons. The van der Waals surface area contributed by atoms with E-state index in [-0.39, 0.29) is 12.1 Å². The number of amides is 2. The number of halogens is 2. The fourth-order valence-corrected chi connectivity index (χ4v) is 1.33. The Balaban J connectivity index is 2.87. The first-order valence-electron chi connectivity index (χ1n) is 5.73. The second-order valence-corrected chi connectivity index (χ2v) is 4.89. The number of nitrogens with one attached hydrogen (secondary N) is 2. The Hall–Kier alpha value is -2.22. The van der Waals surface area contributed by atoms with Crippen LogP contribution in [-0.2, 0) is 4.79 Å². The van der Waals surface area contributed by atoms with Crippen LogP contribution in [0.1, 0.15) is 24.2 Å². The molecule has 0 atom stereocenters. The van der Waals surface area contributed by atoms with E-state index in [9.17, 15) is 18.4 Å². The van der Waals surface area contributed by atoms with Gasteiger partial charge in [-0.1, -0.05) is 0 Å². The van der Waals surface area contributed by atoms with Crippen molar-refractivity contribution in [1.29, 1.82) is 0 Å². The molecule has 0 radical (unpaired) electrons. The standard InChI is InChI=1S/C12H16F2N4O2/c1-12(2,11(15)20)5-17-10(19)6-3-7(13)9(18-16)8(14)4-6/h3-4,18H,5,16H2,1-2H3,(H2,15,20)(H,17,19). The van der Waals surface area contributed by atoms with Crippen LogP contribution >= 0.6 is 0 Å². The van der Waals surface area contributed by atoms with E-state index in [1.807, 2.05) is 5.43 Å². The molecule has 0 spiro atoms. The average Bonchev–Trinajstić information content (AvgIpc) is 2.35. The van der Waals surface area contributed by atoms with Crippen LogP contribution in [0.2, 0.25) is 0 Å². The quantitative estimate of drug-likeness (QED) is 0.466. The molecule has 0 aliphatic heterocycles. The van der Waals surface area contributed by atoms with Gasteiger partial charge in [0.05, 0.1) is 5.41 Å². The first kappa shape index (κ1) is 15.8. The number of benzene rings is 1. The predicted molar refractivity (Wildman–Crippen MR) is 69.5 cm³/mol. The third-order valence-electron chi connectivity index (χ3n) is 2.81. The van der Waals surface area contributed by atoms with Crippen molar-refractivity contribution in [3.05, 3.63) is 29.3 Å². The zero-order chi connectivity index (χ0) is 15.5. The van der Waals surface area contributed by atoms with Gasteiger partial charge in [0.2, 0.25) is 5.91 Å². The van der Waals surface area contributed by atoms with E-state index < -0.39 is 34.6 Å². The number of nitrogens with two attached hydrogens (primary N) is 2. The number of hydrogen-bond acceptors (Lipinski definition) is 4. The first-order valence-corrected chi connectivity index (χ1v) is 5.73. The molecular formula is C12H16F2N4O2. The molecule has 0 aliphatic rings. The van der Waals surface area contributed by atoms with E-state index in [2.05, 4.69) is 5.32 Å². The lowest BCUT2D eigenvalue weighted by molar-refractivity contribution is -0.125. The van der Waals surface area contributed by atoms with Crippen molar-refractivity contribution in [3.8, 4) is 0 Å². The lowest BCUT2D eigenvalue weighted by Crippen LogP contribution is -2.42. The molecule has 0 aliphatic carbocycles. The van der Waals surface area contributed by atoms with Crippen LogP contribution in [0.4, 0.5) is 14.5 Å². The van der Waals surface area contributed by atoms with Crippen molar-refractivity contribution in [3.63, 3.8) is 0 Å². The third kappa shape index (κ3) is 3.41. The monoisotopic (exact) mass is 286 g/mol. The highest BCUT2D eigenvalue weighted by Crippen LogP contribution is 2.20. The van der Waals surface area contributed by atoms with Crippen LogP contribution in [0, 0.1) is 17.0 Å². The SMILES string of the molecule is CC(C)(CNC(=O)c1cc(F)c(NN)c(F)c1)C(N)=O. The number of hydrogen-bond donors (Lipinski definition) is 4. The summed E-state index contributed by atoms with van der Waals surface area (Å²) in [5.41, 5.74) is 5.29. The van der Waals surface area contributed by atoms with Crippen molar-refractivity contribution in [2.45, 2.75) is 13.8 Å². The molecule has 2 amide bonds. The van der Waals surface area contributed by atoms with E-state index >= 15 is 0 Å². The van der Waals surface area contributed by atoms with Crippen LogP contribution in [0.3, 0.4) is 0 Å². The maximum Gasteiger partial charge on any atom is 0.251 e. The van der Waals surface area contributed by atoms with Gasteiger partial charge in [0, 0.05) is 12.1 Å². The van der Waals surface area contributed by atoms with Crippen molar-refractivity contribution in [2.24, 2.45) is 17.0 Å². The Kier molecular flexibility index (Phi) is 4.61. The van der Waals surface area contributed by atoms with Gasteiger partial charge in [-0.3, -0.25) is 15.4 Å². The molecule has 1 rings (SSSR count). The molecule has 0 saturated carbocycles. The molecule has 0 fully saturated rings. The lowest BCUT2D eigenvalue weighted by atomic mass is 9.92. The number of anilines is 1. The summed E-state index contributed by atoms with van der Waals surface area (Å²) in [7, 11) is 0. The maximum absolute atomic E-state index is 13.4. The van der Waals surface area contributed by atoms with Crippen LogP contribution in [0.5, 0.6) is 0 Å². The number of nitrogen functional groups attached to an aromatic ring is 1. The van der Waals surface area contributed by atoms with Gasteiger partial charge in [0.15, 0.2) is 11.6 Å². The number of primary amides is 1. The number of hydrazine groups is 1. The number of carbonyl (C=O) groups excluding carboxylic acids is 2. The molecule has 8 heteroatoms. The molecule has 1 aromatic carbocycles. The Labute approximate surface area is 114 Å². The summed E-state index contributed by atoms with van der Waals surface area (Å²) in [6.07, 6.45) is 0. The summed E-state index contributed by atoms with van der Waals surface area (Å²) in [4.78, 5) is 22.9. The molecule has 0 unspecified atom stereocenters. The second-order valence-electron chi connectivity index (χ2n) is 4.89. The van der Waals surface area contributed by atoms with Crippen LogP contribution in [-0.4, -0.2) is 18.4 Å². The molecule has 0 bridgehead atoms. The van der Waals surface area contributed by atoms with Crippen molar-refractivity contribution < 1.29 is 18.4 Å². The Morgan fingerprint density at radius 3 is 2.15 bits per heavy atom. The minimum atomic E-state index is -0.994. The summed E-state index contributed by atoms with van der Waals surface area (Å²) < 4.78 is 26.9. The van der Waals surface area contributed by atoms with Crippen molar-refractivity contribution in [1.82, 2.24) is 5.32 Å². The largest absolute Gasteiger partial charge is 0.369 e. The maximum atomic E-state index is 13.4. The number of rotatable bonds is 5. The molecule has 6 nitrogen and oxygen atoms in total. The topological polar surface area (TPSA) is 110 Å². The normalized spacial score (nSPS) is 11.1. The zero-order valence-electron chi connectivity index (χ0n) is 11.1. The summed E-state index contributed by atoms with van der Waals surface area (Å²) in [6.45, 7) is 3.03. The van der Waals surface area contributed by atoms with Gasteiger partial charge in [0.25, 0.3) is 5.91 Å². The van der Waals surface area contributed by atoms with Gasteiger partial charge in [-0.05, 0) is 26.0 Å². The van der Waals surface area contributed by atoms with Crippen LogP contribution in [0.25, 0.3) is 0 Å². The highest BCUT2D eigenvalue weighted by Gasteiger charge is 2.26. The fourth-order valence-electron chi connectivity index (χ4n) is 1.33. The highest BCUT2D eigenvalue weighted by molar-refractivity contribution is 5.95. The predicted octanol–water partition coefficient (Wildman–Crippen LogP) is 0.492. The van der Waals surface area contributed by atoms with Crippen molar-refractivity contribution >= 4 is 17.5 Å². The van der Waals surface area contributed by atoms with Crippen molar-refractivity contribution in [2.75, 3.05) is 12.0 Å². The fraction of sp³-hybridized carbons (Fsp3) is 0.333. The Bertz CT molecular complexity index is 523. The number of carbonyl (C=O) groups is 2. The molecule has 0 saturated heterocycles. The summed E-state index contributed by atoms with van der Waals surface area (Å²) in [6, 6.07) is 1.68. The van der Waals surface area contributed by atoms with E-state index in [4.69, 9.17) is 11.6 Å². The van der Waals surface area contributed by atoms with Gasteiger partial charge in [0.1, 0.15) is 5.69 Å². The van der Waals surface area contributed by atoms with Gasteiger partial charge < -0.3 is 16.5 Å². The molecule has 20 heavy (non-hydrogen) atoms. The average molecular weight is 286 g/mol. The molecule has 0 heterocycles. The molecule has 0 aromatic heterocycles. The molecule has 6 N–H and O–H groups in total. The highest BCUT2D eigenvalue weighted by atomic mass is 19.1. The minimum absolute atomic E-state index is 0.0543. The van der Waals surface area contributed by atoms with E-state index in [0.717, 1.165) is 12.1 Å². The van der Waals surface area contributed by atoms with E-state index in [1.54, 1.807) is 0 Å². The van der Waals surface area contributed by atoms with Gasteiger partial charge >= 0.3 is 0 Å². The first-order chi connectivity index (χ1) is 9.19. The molecular weight excluding hydrogens is 270 g/mol. The van der Waals surface area contributed by atoms with E-state index in [0.29, 0.717) is 0 Å². The minimum Gasteiger partial charge on any atom is -0.369 e. The van der Waals surface area contributed by atoms with Crippen LogP contribution < -0.4 is 22.3 Å².